The molecule has 3 fully saturated rings. The molecule has 6 rings (SSSR count). The summed E-state index contributed by atoms with van der Waals surface area (Å²) in [6.07, 6.45) is 3.61. The minimum atomic E-state index is -1.36. The number of aliphatic hydroxyl groups is 1. The fourth-order valence-corrected chi connectivity index (χ4v) is 8.65. The summed E-state index contributed by atoms with van der Waals surface area (Å²) in [5, 5.41) is 10.9. The van der Waals surface area contributed by atoms with Gasteiger partial charge in [-0.1, -0.05) is 72.8 Å². The Kier molecular flexibility index (Phi) is 12.2. The number of likely N-dealkylation sites (N-methyl/N-ethyl adjacent to an activating group) is 1. The Morgan fingerprint density at radius 1 is 1.02 bits per heavy atom. The van der Waals surface area contributed by atoms with Crippen LogP contribution in [-0.4, -0.2) is 95.7 Å². The van der Waals surface area contributed by atoms with Gasteiger partial charge in [0, 0.05) is 25.7 Å². The first-order valence-electron chi connectivity index (χ1n) is 18.9. The van der Waals surface area contributed by atoms with Crippen molar-refractivity contribution in [3.63, 3.8) is 0 Å². The Bertz CT molecular complexity index is 1850. The summed E-state index contributed by atoms with van der Waals surface area (Å²) >= 11 is 0. The summed E-state index contributed by atoms with van der Waals surface area (Å²) in [5.41, 5.74) is 0.780. The van der Waals surface area contributed by atoms with Gasteiger partial charge in [-0.05, 0) is 68.0 Å². The van der Waals surface area contributed by atoms with Crippen LogP contribution >= 0.6 is 0 Å². The Labute approximate surface area is 323 Å². The highest BCUT2D eigenvalue weighted by atomic mass is 16.6. The molecule has 3 saturated heterocycles. The van der Waals surface area contributed by atoms with Crippen LogP contribution in [0.1, 0.15) is 49.8 Å². The number of benzene rings is 3. The molecule has 0 unspecified atom stereocenters. The molecule has 3 aliphatic heterocycles. The zero-order valence-electron chi connectivity index (χ0n) is 31.8. The van der Waals surface area contributed by atoms with Crippen molar-refractivity contribution in [1.29, 1.82) is 0 Å². The zero-order valence-corrected chi connectivity index (χ0v) is 31.8. The fraction of sp³-hybridized carbons (Fsp3) is 0.409. The molecule has 3 aromatic carbocycles. The number of allylic oxidation sites excluding steroid dienone is 1. The number of aliphatic hydroxyl groups excluding tert-OH is 1. The molecule has 8 atom stereocenters. The van der Waals surface area contributed by atoms with Crippen LogP contribution in [0.15, 0.2) is 110 Å². The van der Waals surface area contributed by atoms with Crippen molar-refractivity contribution >= 4 is 29.4 Å². The number of amides is 3. The van der Waals surface area contributed by atoms with Crippen molar-refractivity contribution in [3.05, 3.63) is 121 Å². The predicted molar refractivity (Wildman–Crippen MR) is 208 cm³/mol. The Hall–Kier alpha value is -5.26. The number of hydrogen-bond donors (Lipinski definition) is 1. The second kappa shape index (κ2) is 17.0. The lowest BCUT2D eigenvalue weighted by Gasteiger charge is -2.39. The molecular weight excluding hydrogens is 698 g/mol. The number of anilines is 1. The first kappa shape index (κ1) is 39.4. The van der Waals surface area contributed by atoms with E-state index in [1.54, 1.807) is 60.4 Å². The minimum Gasteiger partial charge on any atom is -0.497 e. The summed E-state index contributed by atoms with van der Waals surface area (Å²) < 4.78 is 18.5. The number of rotatable bonds is 17. The van der Waals surface area contributed by atoms with Crippen molar-refractivity contribution in [2.45, 2.75) is 75.0 Å². The SMILES string of the molecule is C=CCCC(=O)N(C)[C@@H](C)[C@@H](OC(=O)[C@@H]1[C@@H]2CC[C@]3(O2)[C@H](C(=O)N(CC=C)c2ccc(OC)cc2)N([C@@H](CO)Cc2ccccc2)C(=O)[C@@H]13)c1ccccc1. The molecule has 11 heteroatoms. The summed E-state index contributed by atoms with van der Waals surface area (Å²) in [5.74, 6) is -3.05. The highest BCUT2D eigenvalue weighted by Gasteiger charge is 2.75. The lowest BCUT2D eigenvalue weighted by molar-refractivity contribution is -0.165. The number of ether oxygens (including phenoxy) is 3. The van der Waals surface area contributed by atoms with Crippen LogP contribution in [0.2, 0.25) is 0 Å². The summed E-state index contributed by atoms with van der Waals surface area (Å²) in [6.45, 7) is 9.17. The fourth-order valence-electron chi connectivity index (χ4n) is 8.65. The van der Waals surface area contributed by atoms with Gasteiger partial charge in [0.25, 0.3) is 5.91 Å². The average Bonchev–Trinajstić information content (AvgIpc) is 3.87. The lowest BCUT2D eigenvalue weighted by Crippen LogP contribution is -2.59. The molecule has 0 radical (unpaired) electrons. The third-order valence-corrected chi connectivity index (χ3v) is 11.5. The molecule has 290 valence electrons. The third kappa shape index (κ3) is 7.55. The van der Waals surface area contributed by atoms with Crippen molar-refractivity contribution in [2.75, 3.05) is 32.2 Å². The van der Waals surface area contributed by atoms with Crippen molar-refractivity contribution < 1.29 is 38.5 Å². The lowest BCUT2D eigenvalue weighted by atomic mass is 9.70. The predicted octanol–water partition coefficient (Wildman–Crippen LogP) is 5.29. The standard InChI is InChI=1S/C44H51N3O8/c1-6-8-19-36(49)45(4)29(3)39(31-17-13-10-14-18-31)54-43(52)37-35-24-25-44(55-35)38(37)41(50)47(33(28-48)27-30-15-11-9-12-16-30)40(44)42(51)46(26-7-2)32-20-22-34(53-5)23-21-32/h6-7,9-18,20-23,29,33,35,37-40,48H,1-2,8,19,24-28H2,3-5H3/t29-,33+,35-,37+,38+,39+,40-,44+/m0/s1. The zero-order chi connectivity index (χ0) is 39.3. The number of nitrogens with zero attached hydrogens (tertiary/aromatic N) is 3. The molecule has 55 heavy (non-hydrogen) atoms. The van der Waals surface area contributed by atoms with E-state index in [0.29, 0.717) is 36.3 Å². The first-order valence-corrected chi connectivity index (χ1v) is 18.9. The molecule has 3 aliphatic rings. The molecule has 2 bridgehead atoms. The number of carbonyl (C=O) groups excluding carboxylic acids is 4. The molecule has 0 aliphatic carbocycles. The molecule has 0 saturated carbocycles. The third-order valence-electron chi connectivity index (χ3n) is 11.5. The van der Waals surface area contributed by atoms with Crippen LogP contribution in [0, 0.1) is 11.8 Å². The summed E-state index contributed by atoms with van der Waals surface area (Å²) in [4.78, 5) is 62.5. The Balaban J connectivity index is 1.38. The van der Waals surface area contributed by atoms with Gasteiger partial charge in [0.2, 0.25) is 11.8 Å². The molecular formula is C44H51N3O8. The second-order valence-electron chi connectivity index (χ2n) is 14.6. The molecule has 1 N–H and O–H groups in total. The van der Waals surface area contributed by atoms with E-state index in [1.165, 1.54) is 4.90 Å². The number of methoxy groups -OCH3 is 1. The van der Waals surface area contributed by atoms with Crippen LogP contribution in [-0.2, 0) is 35.1 Å². The van der Waals surface area contributed by atoms with Crippen molar-refractivity contribution in [3.8, 4) is 5.75 Å². The van der Waals surface area contributed by atoms with E-state index < -0.39 is 72.2 Å². The number of carbonyl (C=O) groups is 4. The number of likely N-dealkylation sites (tertiary alicyclic amines) is 1. The highest BCUT2D eigenvalue weighted by molar-refractivity contribution is 6.05. The summed E-state index contributed by atoms with van der Waals surface area (Å²) in [7, 11) is 3.24. The largest absolute Gasteiger partial charge is 0.497 e. The number of esters is 1. The Morgan fingerprint density at radius 3 is 2.31 bits per heavy atom. The van der Waals surface area contributed by atoms with Gasteiger partial charge >= 0.3 is 5.97 Å². The van der Waals surface area contributed by atoms with E-state index in [4.69, 9.17) is 14.2 Å². The van der Waals surface area contributed by atoms with E-state index >= 15 is 9.59 Å². The topological polar surface area (TPSA) is 126 Å². The molecule has 1 spiro atoms. The minimum absolute atomic E-state index is 0.121. The molecule has 3 heterocycles. The first-order chi connectivity index (χ1) is 26.6. The van der Waals surface area contributed by atoms with E-state index in [9.17, 15) is 14.7 Å². The molecule has 3 amide bonds. The number of fused-ring (bicyclic) bond motifs is 1. The van der Waals surface area contributed by atoms with Crippen LogP contribution in [0.3, 0.4) is 0 Å². The smallest absolute Gasteiger partial charge is 0.313 e. The van der Waals surface area contributed by atoms with Gasteiger partial charge in [-0.25, -0.2) is 0 Å². The van der Waals surface area contributed by atoms with Crippen LogP contribution in [0.5, 0.6) is 5.75 Å². The number of hydrogen-bond acceptors (Lipinski definition) is 8. The van der Waals surface area contributed by atoms with Gasteiger partial charge < -0.3 is 34.0 Å². The van der Waals surface area contributed by atoms with Gasteiger partial charge in [-0.2, -0.15) is 0 Å². The average molecular weight is 750 g/mol. The van der Waals surface area contributed by atoms with Crippen LogP contribution in [0.25, 0.3) is 0 Å². The van der Waals surface area contributed by atoms with E-state index in [2.05, 4.69) is 13.2 Å². The van der Waals surface area contributed by atoms with Gasteiger partial charge in [-0.15, -0.1) is 13.2 Å². The quantitative estimate of drug-likeness (QED) is 0.146. The van der Waals surface area contributed by atoms with E-state index in [-0.39, 0.29) is 25.3 Å². The van der Waals surface area contributed by atoms with Crippen LogP contribution in [0.4, 0.5) is 5.69 Å². The second-order valence-corrected chi connectivity index (χ2v) is 14.6. The van der Waals surface area contributed by atoms with Crippen LogP contribution < -0.4 is 9.64 Å². The van der Waals surface area contributed by atoms with Gasteiger partial charge in [0.15, 0.2) is 0 Å². The Morgan fingerprint density at radius 2 is 1.69 bits per heavy atom. The summed E-state index contributed by atoms with van der Waals surface area (Å²) in [6, 6.07) is 23.2. The van der Waals surface area contributed by atoms with Gasteiger partial charge in [0.1, 0.15) is 23.5 Å². The van der Waals surface area contributed by atoms with E-state index in [1.807, 2.05) is 67.6 Å². The molecule has 0 aromatic heterocycles. The van der Waals surface area contributed by atoms with Crippen molar-refractivity contribution in [1.82, 2.24) is 9.80 Å². The maximum atomic E-state index is 15.1. The molecule has 11 nitrogen and oxygen atoms in total. The van der Waals surface area contributed by atoms with Crippen molar-refractivity contribution in [2.24, 2.45) is 11.8 Å². The maximum absolute atomic E-state index is 15.1. The van der Waals surface area contributed by atoms with Gasteiger partial charge in [0.05, 0.1) is 43.7 Å². The monoisotopic (exact) mass is 749 g/mol. The van der Waals surface area contributed by atoms with E-state index in [0.717, 1.165) is 5.56 Å². The van der Waals surface area contributed by atoms with Gasteiger partial charge in [-0.3, -0.25) is 19.2 Å². The highest BCUT2D eigenvalue weighted by Crippen LogP contribution is 2.59. The maximum Gasteiger partial charge on any atom is 0.313 e. The normalized spacial score (nSPS) is 24.0. The molecule has 3 aromatic rings.